The van der Waals surface area contributed by atoms with Crippen LogP contribution in [-0.2, 0) is 0 Å². The van der Waals surface area contributed by atoms with Gasteiger partial charge in [0.1, 0.15) is 11.8 Å². The van der Waals surface area contributed by atoms with Gasteiger partial charge in [-0.25, -0.2) is 0 Å². The molecule has 16 heavy (non-hydrogen) atoms. The molecule has 5 nitrogen and oxygen atoms in total. The second-order valence-electron chi connectivity index (χ2n) is 3.65. The Morgan fingerprint density at radius 2 is 2.25 bits per heavy atom. The summed E-state index contributed by atoms with van der Waals surface area (Å²) in [5.74, 6) is 0. The number of aliphatic hydroxyl groups excluding tert-OH is 1. The molecule has 1 atom stereocenters. The Morgan fingerprint density at radius 1 is 1.50 bits per heavy atom. The van der Waals surface area contributed by atoms with Crippen molar-refractivity contribution in [2.24, 2.45) is 0 Å². The van der Waals surface area contributed by atoms with Gasteiger partial charge >= 0.3 is 0 Å². The van der Waals surface area contributed by atoms with Gasteiger partial charge in [-0.15, -0.1) is 5.10 Å². The molecule has 1 N–H and O–H groups in total. The monoisotopic (exact) mass is 258 g/mol. The number of hydrogen-bond acceptors (Lipinski definition) is 5. The summed E-state index contributed by atoms with van der Waals surface area (Å²) < 4.78 is 5.40. The van der Waals surface area contributed by atoms with Gasteiger partial charge in [-0.05, 0) is 25.4 Å². The summed E-state index contributed by atoms with van der Waals surface area (Å²) in [7, 11) is 0. The van der Waals surface area contributed by atoms with Gasteiger partial charge in [0.2, 0.25) is 0 Å². The number of hydrogen-bond donors (Lipinski definition) is 1. The van der Waals surface area contributed by atoms with Gasteiger partial charge < -0.3 is 5.11 Å². The van der Waals surface area contributed by atoms with Crippen molar-refractivity contribution < 1.29 is 5.11 Å². The summed E-state index contributed by atoms with van der Waals surface area (Å²) in [6.45, 7) is 3.94. The highest BCUT2D eigenvalue weighted by Gasteiger charge is 2.22. The fourth-order valence-electron chi connectivity index (χ4n) is 1.45. The first-order chi connectivity index (χ1) is 7.61. The van der Waals surface area contributed by atoms with Gasteiger partial charge in [-0.3, -0.25) is 4.68 Å². The van der Waals surface area contributed by atoms with Gasteiger partial charge in [0.05, 0.1) is 16.9 Å². The second kappa shape index (κ2) is 4.48. The van der Waals surface area contributed by atoms with Crippen LogP contribution in [-0.4, -0.2) is 24.5 Å². The Hall–Kier alpha value is -0.980. The lowest BCUT2D eigenvalue weighted by molar-refractivity contribution is 0.200. The fraction of sp³-hybridized carbons (Fsp3) is 0.444. The first kappa shape index (κ1) is 11.5. The SMILES string of the molecule is CC(C)n1ncc(Cl)c1C(O)c1csnn1. The molecular weight excluding hydrogens is 248 g/mol. The minimum atomic E-state index is -0.879. The lowest BCUT2D eigenvalue weighted by atomic mass is 10.2. The third kappa shape index (κ3) is 1.95. The molecule has 0 aliphatic heterocycles. The molecule has 7 heteroatoms. The molecule has 0 aliphatic carbocycles. The van der Waals surface area contributed by atoms with E-state index in [9.17, 15) is 5.11 Å². The van der Waals surface area contributed by atoms with Gasteiger partial charge in [-0.1, -0.05) is 16.1 Å². The summed E-state index contributed by atoms with van der Waals surface area (Å²) in [6.07, 6.45) is 0.649. The molecule has 2 heterocycles. The molecule has 0 fully saturated rings. The molecule has 2 aromatic heterocycles. The predicted molar refractivity (Wildman–Crippen MR) is 61.6 cm³/mol. The summed E-state index contributed by atoms with van der Waals surface area (Å²) in [6, 6.07) is 0.128. The van der Waals surface area contributed by atoms with Gasteiger partial charge in [-0.2, -0.15) is 5.10 Å². The van der Waals surface area contributed by atoms with E-state index in [0.29, 0.717) is 16.4 Å². The van der Waals surface area contributed by atoms with E-state index in [4.69, 9.17) is 11.6 Å². The van der Waals surface area contributed by atoms with Crippen LogP contribution in [0, 0.1) is 0 Å². The van der Waals surface area contributed by atoms with E-state index < -0.39 is 6.10 Å². The summed E-state index contributed by atoms with van der Waals surface area (Å²) in [5.41, 5.74) is 1.05. The highest BCUT2D eigenvalue weighted by atomic mass is 35.5. The molecule has 0 saturated carbocycles. The summed E-state index contributed by atoms with van der Waals surface area (Å²) >= 11 is 7.20. The Kier molecular flexibility index (Phi) is 3.22. The lowest BCUT2D eigenvalue weighted by Gasteiger charge is -2.14. The van der Waals surface area contributed by atoms with Crippen LogP contribution in [0.1, 0.15) is 37.4 Å². The first-order valence-electron chi connectivity index (χ1n) is 4.79. The average molecular weight is 259 g/mol. The maximum Gasteiger partial charge on any atom is 0.142 e. The van der Waals surface area contributed by atoms with E-state index in [-0.39, 0.29) is 6.04 Å². The molecule has 0 aromatic carbocycles. The van der Waals surface area contributed by atoms with Crippen LogP contribution in [0.2, 0.25) is 5.02 Å². The van der Waals surface area contributed by atoms with Crippen LogP contribution in [0.3, 0.4) is 0 Å². The quantitative estimate of drug-likeness (QED) is 0.915. The molecule has 0 saturated heterocycles. The zero-order chi connectivity index (χ0) is 11.7. The molecule has 86 valence electrons. The van der Waals surface area contributed by atoms with Crippen LogP contribution in [0.25, 0.3) is 0 Å². The van der Waals surface area contributed by atoms with Crippen molar-refractivity contribution in [1.29, 1.82) is 0 Å². The van der Waals surface area contributed by atoms with Gasteiger partial charge in [0.15, 0.2) is 0 Å². The van der Waals surface area contributed by atoms with E-state index in [0.717, 1.165) is 0 Å². The molecule has 0 radical (unpaired) electrons. The molecule has 0 spiro atoms. The number of aromatic nitrogens is 4. The Bertz CT molecular complexity index is 468. The van der Waals surface area contributed by atoms with E-state index in [1.807, 2.05) is 13.8 Å². The summed E-state index contributed by atoms with van der Waals surface area (Å²) in [5, 5.41) is 20.2. The van der Waals surface area contributed by atoms with Crippen LogP contribution in [0.15, 0.2) is 11.6 Å². The zero-order valence-electron chi connectivity index (χ0n) is 8.83. The highest BCUT2D eigenvalue weighted by molar-refractivity contribution is 7.03. The molecule has 2 aromatic rings. The van der Waals surface area contributed by atoms with Crippen molar-refractivity contribution in [1.82, 2.24) is 19.4 Å². The average Bonchev–Trinajstić information content (AvgIpc) is 2.84. The number of nitrogens with zero attached hydrogens (tertiary/aromatic N) is 4. The standard InChI is InChI=1S/C9H11ClN4OS/c1-5(2)14-8(6(10)3-11-14)9(15)7-4-16-13-12-7/h3-5,9,15H,1-2H3. The number of halogens is 1. The van der Waals surface area contributed by atoms with E-state index >= 15 is 0 Å². The smallest absolute Gasteiger partial charge is 0.142 e. The largest absolute Gasteiger partial charge is 0.380 e. The Morgan fingerprint density at radius 3 is 2.81 bits per heavy atom. The Labute approximate surface area is 102 Å². The van der Waals surface area contributed by atoms with Crippen LogP contribution in [0.5, 0.6) is 0 Å². The number of rotatable bonds is 3. The third-order valence-corrected chi connectivity index (χ3v) is 3.01. The van der Waals surface area contributed by atoms with E-state index in [1.165, 1.54) is 17.7 Å². The van der Waals surface area contributed by atoms with E-state index in [1.54, 1.807) is 10.1 Å². The van der Waals surface area contributed by atoms with Crippen LogP contribution in [0.4, 0.5) is 0 Å². The van der Waals surface area contributed by atoms with E-state index in [2.05, 4.69) is 14.7 Å². The number of aliphatic hydroxyl groups is 1. The zero-order valence-corrected chi connectivity index (χ0v) is 10.4. The minimum Gasteiger partial charge on any atom is -0.380 e. The molecule has 2 rings (SSSR count). The molecular formula is C9H11ClN4OS. The van der Waals surface area contributed by atoms with Crippen molar-refractivity contribution in [2.45, 2.75) is 26.0 Å². The third-order valence-electron chi connectivity index (χ3n) is 2.19. The topological polar surface area (TPSA) is 63.8 Å². The first-order valence-corrected chi connectivity index (χ1v) is 6.00. The molecule has 0 amide bonds. The van der Waals surface area contributed by atoms with Crippen molar-refractivity contribution in [3.05, 3.63) is 28.0 Å². The molecule has 0 bridgehead atoms. The molecule has 1 unspecified atom stereocenters. The lowest BCUT2D eigenvalue weighted by Crippen LogP contribution is -2.12. The van der Waals surface area contributed by atoms with Crippen molar-refractivity contribution in [2.75, 3.05) is 0 Å². The van der Waals surface area contributed by atoms with Gasteiger partial charge in [0.25, 0.3) is 0 Å². The maximum atomic E-state index is 10.1. The second-order valence-corrected chi connectivity index (χ2v) is 4.67. The van der Waals surface area contributed by atoms with Crippen molar-refractivity contribution >= 4 is 23.1 Å². The normalized spacial score (nSPS) is 13.3. The van der Waals surface area contributed by atoms with Crippen molar-refractivity contribution in [3.63, 3.8) is 0 Å². The molecule has 0 aliphatic rings. The Balaban J connectivity index is 2.43. The fourth-order valence-corrected chi connectivity index (χ4v) is 2.16. The van der Waals surface area contributed by atoms with Gasteiger partial charge in [0, 0.05) is 11.4 Å². The maximum absolute atomic E-state index is 10.1. The summed E-state index contributed by atoms with van der Waals surface area (Å²) in [4.78, 5) is 0. The predicted octanol–water partition coefficient (Wildman–Crippen LogP) is 2.05. The van der Waals surface area contributed by atoms with Crippen LogP contribution >= 0.6 is 23.1 Å². The van der Waals surface area contributed by atoms with Crippen molar-refractivity contribution in [3.8, 4) is 0 Å². The minimum absolute atomic E-state index is 0.128. The highest BCUT2D eigenvalue weighted by Crippen LogP contribution is 2.29. The van der Waals surface area contributed by atoms with Crippen LogP contribution < -0.4 is 0 Å².